The van der Waals surface area contributed by atoms with Crippen LogP contribution in [0.1, 0.15) is 42.1 Å². The molecule has 7 heteroatoms. The van der Waals surface area contributed by atoms with Crippen LogP contribution in [0.25, 0.3) is 0 Å². The van der Waals surface area contributed by atoms with Gasteiger partial charge in [0.15, 0.2) is 5.76 Å². The molecule has 138 valence electrons. The van der Waals surface area contributed by atoms with Crippen LogP contribution in [0, 0.1) is 6.92 Å². The van der Waals surface area contributed by atoms with Gasteiger partial charge in [-0.25, -0.2) is 9.97 Å². The van der Waals surface area contributed by atoms with Crippen LogP contribution in [0.15, 0.2) is 28.9 Å². The van der Waals surface area contributed by atoms with Gasteiger partial charge in [0.25, 0.3) is 5.91 Å². The number of carbonyl (C=O) groups excluding carboxylic acids is 1. The number of nitrogens with zero attached hydrogens (tertiary/aromatic N) is 4. The maximum atomic E-state index is 12.4. The number of furan rings is 1. The number of aromatic nitrogens is 2. The van der Waals surface area contributed by atoms with Crippen LogP contribution in [-0.4, -0.2) is 53.0 Å². The van der Waals surface area contributed by atoms with Crippen LogP contribution in [0.3, 0.4) is 0 Å². The molecule has 1 aliphatic heterocycles. The Morgan fingerprint density at radius 3 is 2.65 bits per heavy atom. The number of nitrogens with one attached hydrogen (secondary N) is 1. The highest BCUT2D eigenvalue weighted by Crippen LogP contribution is 2.24. The van der Waals surface area contributed by atoms with Gasteiger partial charge in [-0.15, -0.1) is 0 Å². The largest absolute Gasteiger partial charge is 0.459 e. The van der Waals surface area contributed by atoms with Gasteiger partial charge in [-0.3, -0.25) is 4.79 Å². The van der Waals surface area contributed by atoms with Crippen LogP contribution in [0.2, 0.25) is 0 Å². The van der Waals surface area contributed by atoms with E-state index in [-0.39, 0.29) is 5.91 Å². The molecule has 0 atom stereocenters. The van der Waals surface area contributed by atoms with Crippen molar-refractivity contribution in [2.45, 2.75) is 38.6 Å². The van der Waals surface area contributed by atoms with Crippen molar-refractivity contribution in [2.75, 3.05) is 36.4 Å². The minimum atomic E-state index is -0.0443. The number of hydrogen-bond donors (Lipinski definition) is 1. The Labute approximate surface area is 153 Å². The molecule has 0 aromatic carbocycles. The molecule has 2 aromatic rings. The molecule has 1 saturated heterocycles. The van der Waals surface area contributed by atoms with Crippen LogP contribution in [-0.2, 0) is 0 Å². The fourth-order valence-electron chi connectivity index (χ4n) is 3.76. The van der Waals surface area contributed by atoms with Crippen molar-refractivity contribution in [1.82, 2.24) is 14.9 Å². The lowest BCUT2D eigenvalue weighted by atomic mass is 10.2. The molecular formula is C19H25N5O2. The van der Waals surface area contributed by atoms with Gasteiger partial charge in [0, 0.05) is 38.3 Å². The van der Waals surface area contributed by atoms with Crippen molar-refractivity contribution in [2.24, 2.45) is 0 Å². The molecule has 1 amide bonds. The average Bonchev–Trinajstić information content (AvgIpc) is 3.35. The summed E-state index contributed by atoms with van der Waals surface area (Å²) in [7, 11) is 0. The zero-order valence-corrected chi connectivity index (χ0v) is 15.1. The van der Waals surface area contributed by atoms with E-state index < -0.39 is 0 Å². The first kappa shape index (κ1) is 16.9. The van der Waals surface area contributed by atoms with Gasteiger partial charge in [0.05, 0.1) is 6.26 Å². The molecule has 0 radical (unpaired) electrons. The van der Waals surface area contributed by atoms with Crippen molar-refractivity contribution >= 4 is 17.5 Å². The highest BCUT2D eigenvalue weighted by atomic mass is 16.3. The molecule has 0 spiro atoms. The van der Waals surface area contributed by atoms with E-state index in [1.807, 2.05) is 17.9 Å². The zero-order chi connectivity index (χ0) is 17.9. The number of hydrogen-bond acceptors (Lipinski definition) is 6. The van der Waals surface area contributed by atoms with Gasteiger partial charge in [-0.2, -0.15) is 0 Å². The molecular weight excluding hydrogens is 330 g/mol. The third-order valence-corrected chi connectivity index (χ3v) is 5.15. The zero-order valence-electron chi connectivity index (χ0n) is 15.1. The van der Waals surface area contributed by atoms with Gasteiger partial charge in [-0.05, 0) is 31.9 Å². The van der Waals surface area contributed by atoms with Crippen molar-refractivity contribution < 1.29 is 9.21 Å². The minimum absolute atomic E-state index is 0.0443. The van der Waals surface area contributed by atoms with E-state index >= 15 is 0 Å². The quantitative estimate of drug-likeness (QED) is 0.909. The summed E-state index contributed by atoms with van der Waals surface area (Å²) in [6.45, 7) is 4.76. The Balaban J connectivity index is 1.40. The van der Waals surface area contributed by atoms with Crippen LogP contribution in [0.5, 0.6) is 0 Å². The lowest BCUT2D eigenvalue weighted by Crippen LogP contribution is -2.49. The number of aryl methyl sites for hydroxylation is 1. The molecule has 1 saturated carbocycles. The molecule has 2 aromatic heterocycles. The van der Waals surface area contributed by atoms with Crippen molar-refractivity contribution in [3.63, 3.8) is 0 Å². The second-order valence-corrected chi connectivity index (χ2v) is 7.04. The summed E-state index contributed by atoms with van der Waals surface area (Å²) in [4.78, 5) is 25.6. The topological polar surface area (TPSA) is 74.5 Å². The Morgan fingerprint density at radius 1 is 1.19 bits per heavy atom. The number of anilines is 2. The first-order chi connectivity index (χ1) is 12.7. The van der Waals surface area contributed by atoms with Crippen LogP contribution in [0.4, 0.5) is 11.6 Å². The molecule has 1 N–H and O–H groups in total. The highest BCUT2D eigenvalue weighted by Gasteiger charge is 2.25. The summed E-state index contributed by atoms with van der Waals surface area (Å²) < 4.78 is 5.22. The first-order valence-electron chi connectivity index (χ1n) is 9.39. The number of carbonyl (C=O) groups is 1. The number of amides is 1. The monoisotopic (exact) mass is 355 g/mol. The molecule has 7 nitrogen and oxygen atoms in total. The number of piperazine rings is 1. The maximum Gasteiger partial charge on any atom is 0.289 e. The molecule has 3 heterocycles. The lowest BCUT2D eigenvalue weighted by Gasteiger charge is -2.35. The number of rotatable bonds is 4. The van der Waals surface area contributed by atoms with Gasteiger partial charge < -0.3 is 19.5 Å². The van der Waals surface area contributed by atoms with E-state index in [0.29, 0.717) is 24.9 Å². The SMILES string of the molecule is Cc1nc(NC2CCCC2)cc(N2CCN(C(=O)c3ccco3)CC2)n1. The minimum Gasteiger partial charge on any atom is -0.459 e. The normalized spacial score (nSPS) is 18.3. The van der Waals surface area contributed by atoms with Crippen LogP contribution < -0.4 is 10.2 Å². The predicted octanol–water partition coefficient (Wildman–Crippen LogP) is 2.69. The Morgan fingerprint density at radius 2 is 1.96 bits per heavy atom. The fraction of sp³-hybridized carbons (Fsp3) is 0.526. The van der Waals surface area contributed by atoms with E-state index in [0.717, 1.165) is 30.5 Å². The van der Waals surface area contributed by atoms with Gasteiger partial charge in [0.2, 0.25) is 0 Å². The molecule has 2 aliphatic rings. The third kappa shape index (κ3) is 3.66. The highest BCUT2D eigenvalue weighted by molar-refractivity contribution is 5.91. The summed E-state index contributed by atoms with van der Waals surface area (Å²) in [5, 5.41) is 3.55. The van der Waals surface area contributed by atoms with E-state index in [9.17, 15) is 4.79 Å². The summed E-state index contributed by atoms with van der Waals surface area (Å²) >= 11 is 0. The summed E-state index contributed by atoms with van der Waals surface area (Å²) in [6, 6.07) is 6.02. The molecule has 0 bridgehead atoms. The van der Waals surface area contributed by atoms with Crippen molar-refractivity contribution in [3.8, 4) is 0 Å². The summed E-state index contributed by atoms with van der Waals surface area (Å²) in [5.41, 5.74) is 0. The second kappa shape index (κ2) is 7.35. The van der Waals surface area contributed by atoms with Gasteiger partial charge in [-0.1, -0.05) is 12.8 Å². The maximum absolute atomic E-state index is 12.4. The van der Waals surface area contributed by atoms with E-state index in [2.05, 4.69) is 20.2 Å². The average molecular weight is 355 g/mol. The smallest absolute Gasteiger partial charge is 0.289 e. The van der Waals surface area contributed by atoms with E-state index in [1.165, 1.54) is 31.9 Å². The predicted molar refractivity (Wildman–Crippen MR) is 99.5 cm³/mol. The Kier molecular flexibility index (Phi) is 4.77. The first-order valence-corrected chi connectivity index (χ1v) is 9.39. The van der Waals surface area contributed by atoms with Crippen molar-refractivity contribution in [1.29, 1.82) is 0 Å². The summed E-state index contributed by atoms with van der Waals surface area (Å²) in [6.07, 6.45) is 6.55. The second-order valence-electron chi connectivity index (χ2n) is 7.04. The van der Waals surface area contributed by atoms with Crippen LogP contribution >= 0.6 is 0 Å². The lowest BCUT2D eigenvalue weighted by molar-refractivity contribution is 0.0714. The van der Waals surface area contributed by atoms with Crippen molar-refractivity contribution in [3.05, 3.63) is 36.0 Å². The molecule has 0 unspecified atom stereocenters. The molecule has 4 rings (SSSR count). The molecule has 26 heavy (non-hydrogen) atoms. The standard InChI is InChI=1S/C19H25N5O2/c1-14-20-17(22-15-5-2-3-6-15)13-18(21-14)23-8-10-24(11-9-23)19(25)16-7-4-12-26-16/h4,7,12-13,15H,2-3,5-6,8-11H2,1H3,(H,20,21,22). The van der Waals surface area contributed by atoms with E-state index in [1.54, 1.807) is 12.1 Å². The molecule has 2 fully saturated rings. The third-order valence-electron chi connectivity index (χ3n) is 5.15. The van der Waals surface area contributed by atoms with Gasteiger partial charge >= 0.3 is 0 Å². The Hall–Kier alpha value is -2.57. The van der Waals surface area contributed by atoms with E-state index in [4.69, 9.17) is 4.42 Å². The fourth-order valence-corrected chi connectivity index (χ4v) is 3.76. The van der Waals surface area contributed by atoms with Gasteiger partial charge in [0.1, 0.15) is 17.5 Å². The molecule has 1 aliphatic carbocycles. The summed E-state index contributed by atoms with van der Waals surface area (Å²) in [5.74, 6) is 2.98. The Bertz CT molecular complexity index is 747.